The summed E-state index contributed by atoms with van der Waals surface area (Å²) in [6, 6.07) is 0. The van der Waals surface area contributed by atoms with Crippen LogP contribution in [0.25, 0.3) is 0 Å². The van der Waals surface area contributed by atoms with Gasteiger partial charge in [0.05, 0.1) is 21.3 Å². The van der Waals surface area contributed by atoms with Crippen LogP contribution in [-0.2, 0) is 52.5 Å². The molecule has 0 aliphatic rings. The molecular weight excluding hydrogens is 532 g/mol. The molecule has 14 heteroatoms. The molecule has 0 heterocycles. The number of ketones is 3. The molecule has 0 aromatic heterocycles. The van der Waals surface area contributed by atoms with Gasteiger partial charge in [-0.15, -0.1) is 0 Å². The van der Waals surface area contributed by atoms with Crippen molar-refractivity contribution in [2.75, 3.05) is 75.6 Å². The quantitative estimate of drug-likeness (QED) is 0.0646. The second-order valence-corrected chi connectivity index (χ2v) is 7.96. The lowest BCUT2D eigenvalue weighted by molar-refractivity contribution is -0.150. The topological polar surface area (TPSA) is 193 Å². The predicted octanol–water partition coefficient (Wildman–Crippen LogP) is 0.0760. The number of hydrogen-bond donors (Lipinski definition) is 3. The molecule has 0 aliphatic heterocycles. The minimum absolute atomic E-state index is 0.109. The first-order valence-electron chi connectivity index (χ1n) is 12.5. The average molecular weight is 583 g/mol. The first kappa shape index (κ1) is 44.2. The molecule has 0 saturated heterocycles. The van der Waals surface area contributed by atoms with Crippen molar-refractivity contribution in [3.8, 4) is 0 Å². The summed E-state index contributed by atoms with van der Waals surface area (Å²) < 4.78 is 23.0. The molecule has 40 heavy (non-hydrogen) atoms. The summed E-state index contributed by atoms with van der Waals surface area (Å²) in [4.78, 5) is 65.5. The fourth-order valence-corrected chi connectivity index (χ4v) is 2.54. The Labute approximate surface area is 237 Å². The first-order chi connectivity index (χ1) is 18.9. The zero-order chi connectivity index (χ0) is 31.9. The fourth-order valence-electron chi connectivity index (χ4n) is 2.54. The average Bonchev–Trinajstić information content (AvgIpc) is 2.92. The van der Waals surface area contributed by atoms with Gasteiger partial charge < -0.3 is 39.4 Å². The third-order valence-electron chi connectivity index (χ3n) is 4.72. The van der Waals surface area contributed by atoms with Gasteiger partial charge in [0.2, 0.25) is 0 Å². The van der Waals surface area contributed by atoms with Crippen LogP contribution in [0.1, 0.15) is 46.5 Å². The molecule has 0 rings (SSSR count). The van der Waals surface area contributed by atoms with E-state index in [0.717, 1.165) is 33.2 Å². The minimum atomic E-state index is -0.874. The second kappa shape index (κ2) is 32.4. The molecule has 14 nitrogen and oxygen atoms in total. The van der Waals surface area contributed by atoms with Crippen molar-refractivity contribution < 1.29 is 57.6 Å². The molecule has 0 fully saturated rings. The molecule has 0 aromatic rings. The molecule has 0 saturated carbocycles. The summed E-state index contributed by atoms with van der Waals surface area (Å²) in [5.74, 6) is -4.20. The number of unbranched alkanes of at least 4 members (excludes halogenated alkanes) is 2. The van der Waals surface area contributed by atoms with Crippen molar-refractivity contribution in [2.24, 2.45) is 11.8 Å². The molecule has 2 unspecified atom stereocenters. The summed E-state index contributed by atoms with van der Waals surface area (Å²) >= 11 is 0. The fraction of sp³-hybridized carbons (Fsp3) is 0.769. The van der Waals surface area contributed by atoms with Crippen LogP contribution in [0.2, 0.25) is 0 Å². The maximum absolute atomic E-state index is 11.3. The Hall–Kier alpha value is -2.78. The molecule has 3 N–H and O–H groups in total. The molecule has 2 atom stereocenters. The highest BCUT2D eigenvalue weighted by Gasteiger charge is 2.25. The van der Waals surface area contributed by atoms with Gasteiger partial charge in [0.15, 0.2) is 0 Å². The number of carbonyl (C=O) groups excluding carboxylic acids is 6. The van der Waals surface area contributed by atoms with E-state index in [0.29, 0.717) is 0 Å². The first-order valence-corrected chi connectivity index (χ1v) is 12.5. The Kier molecular flexibility index (Phi) is 35.9. The van der Waals surface area contributed by atoms with E-state index in [4.69, 9.17) is 14.6 Å². The van der Waals surface area contributed by atoms with Crippen LogP contribution in [-0.4, -0.2) is 116 Å². The van der Waals surface area contributed by atoms with E-state index < -0.39 is 29.7 Å². The Balaban J connectivity index is -0.000000280. The Morgan fingerprint density at radius 1 is 0.625 bits per heavy atom. The van der Waals surface area contributed by atoms with Gasteiger partial charge in [0.1, 0.15) is 35.6 Å². The highest BCUT2D eigenvalue weighted by atomic mass is 16.5. The lowest BCUT2D eigenvalue weighted by Crippen LogP contribution is -2.41. The molecule has 0 amide bonds. The van der Waals surface area contributed by atoms with Crippen molar-refractivity contribution in [1.82, 2.24) is 10.6 Å². The van der Waals surface area contributed by atoms with Crippen molar-refractivity contribution in [3.63, 3.8) is 0 Å². The van der Waals surface area contributed by atoms with Gasteiger partial charge in [-0.05, 0) is 40.0 Å². The minimum Gasteiger partial charge on any atom is -0.469 e. The highest BCUT2D eigenvalue weighted by Crippen LogP contribution is 2.01. The second-order valence-electron chi connectivity index (χ2n) is 7.96. The molecule has 0 aliphatic carbocycles. The van der Waals surface area contributed by atoms with Crippen LogP contribution >= 0.6 is 0 Å². The number of nitrogens with one attached hydrogen (secondary N) is 2. The zero-order valence-electron chi connectivity index (χ0n) is 25.5. The van der Waals surface area contributed by atoms with E-state index in [1.807, 2.05) is 0 Å². The number of rotatable bonds is 18. The lowest BCUT2D eigenvalue weighted by Gasteiger charge is -2.15. The summed E-state index contributed by atoms with van der Waals surface area (Å²) in [5, 5.41) is 12.7. The summed E-state index contributed by atoms with van der Waals surface area (Å²) in [6.07, 6.45) is 3.40. The van der Waals surface area contributed by atoms with Gasteiger partial charge in [-0.25, -0.2) is 0 Å². The van der Waals surface area contributed by atoms with Crippen molar-refractivity contribution in [1.29, 1.82) is 0 Å². The molecule has 0 bridgehead atoms. The summed E-state index contributed by atoms with van der Waals surface area (Å²) in [5.41, 5.74) is 0. The van der Waals surface area contributed by atoms with E-state index in [2.05, 4.69) is 24.8 Å². The van der Waals surface area contributed by atoms with Gasteiger partial charge in [-0.1, -0.05) is 0 Å². The normalized spacial score (nSPS) is 10.9. The monoisotopic (exact) mass is 582 g/mol. The zero-order valence-corrected chi connectivity index (χ0v) is 25.5. The van der Waals surface area contributed by atoms with Crippen LogP contribution in [0.5, 0.6) is 0 Å². The van der Waals surface area contributed by atoms with Gasteiger partial charge in [-0.2, -0.15) is 0 Å². The number of aliphatic hydroxyl groups excluding tert-OH is 1. The number of hydrogen-bond acceptors (Lipinski definition) is 14. The number of ether oxygens (including phenoxy) is 5. The van der Waals surface area contributed by atoms with E-state index in [-0.39, 0.29) is 43.5 Å². The van der Waals surface area contributed by atoms with Gasteiger partial charge in [0.25, 0.3) is 0 Å². The molecule has 0 aromatic carbocycles. The highest BCUT2D eigenvalue weighted by molar-refractivity contribution is 5.98. The number of Topliss-reactive ketones (excluding diaryl/α,β-unsaturated/α-hetero) is 3. The SMILES string of the molecule is CO.COC(=O)C(CNCNCC(C(C)=O)C(=O)OC)C(C)=O.COC(=O)CC(C)=O.COCCCCCOC. The predicted molar refractivity (Wildman–Crippen MR) is 146 cm³/mol. The largest absolute Gasteiger partial charge is 0.469 e. The van der Waals surface area contributed by atoms with E-state index in [1.165, 1.54) is 48.5 Å². The molecule has 0 radical (unpaired) electrons. The van der Waals surface area contributed by atoms with E-state index in [9.17, 15) is 28.8 Å². The maximum Gasteiger partial charge on any atom is 0.317 e. The van der Waals surface area contributed by atoms with Gasteiger partial charge in [0, 0.05) is 54.3 Å². The summed E-state index contributed by atoms with van der Waals surface area (Å²) in [6.45, 7) is 6.15. The number of esters is 3. The van der Waals surface area contributed by atoms with Crippen molar-refractivity contribution in [2.45, 2.75) is 46.5 Å². The Morgan fingerprint density at radius 2 is 1.00 bits per heavy atom. The number of aliphatic hydroxyl groups is 1. The smallest absolute Gasteiger partial charge is 0.317 e. The standard InChI is InChI=1S/C13H22N2O6.C7H16O2.C5H8O3.CH4O/c1-8(16)10(12(18)20-3)5-14-7-15-6-11(9(2)17)13(19)21-4;1-8-6-4-3-5-7-9-2;1-4(6)3-5(7)8-2;1-2/h10-11,14-15H,5-7H2,1-4H3;3-7H2,1-2H3;3H2,1-2H3;2H,1H3. The Bertz CT molecular complexity index is 659. The van der Waals surface area contributed by atoms with Crippen LogP contribution in [0.3, 0.4) is 0 Å². The molecule has 236 valence electrons. The van der Waals surface area contributed by atoms with Crippen molar-refractivity contribution >= 4 is 35.3 Å². The molecule has 0 spiro atoms. The van der Waals surface area contributed by atoms with Crippen molar-refractivity contribution in [3.05, 3.63) is 0 Å². The third-order valence-corrected chi connectivity index (χ3v) is 4.72. The maximum atomic E-state index is 11.3. The number of carbonyl (C=O) groups is 6. The van der Waals surface area contributed by atoms with Gasteiger partial charge >= 0.3 is 17.9 Å². The number of methoxy groups -OCH3 is 5. The molecular formula is C26H50N2O12. The van der Waals surface area contributed by atoms with Crippen LogP contribution in [0.4, 0.5) is 0 Å². The van der Waals surface area contributed by atoms with E-state index >= 15 is 0 Å². The van der Waals surface area contributed by atoms with Gasteiger partial charge in [-0.3, -0.25) is 28.8 Å². The van der Waals surface area contributed by atoms with Crippen LogP contribution in [0, 0.1) is 11.8 Å². The lowest BCUT2D eigenvalue weighted by atomic mass is 10.1. The Morgan fingerprint density at radius 3 is 1.23 bits per heavy atom. The summed E-state index contributed by atoms with van der Waals surface area (Å²) in [7, 11) is 8.15. The third kappa shape index (κ3) is 29.8. The van der Waals surface area contributed by atoms with E-state index in [1.54, 1.807) is 14.2 Å². The van der Waals surface area contributed by atoms with Crippen LogP contribution in [0.15, 0.2) is 0 Å². The van der Waals surface area contributed by atoms with Crippen LogP contribution < -0.4 is 10.6 Å².